The Kier molecular flexibility index (Phi) is 5.59. The first-order valence-electron chi connectivity index (χ1n) is 6.51. The van der Waals surface area contributed by atoms with E-state index in [2.05, 4.69) is 6.92 Å². The monoisotopic (exact) mass is 320 g/mol. The first-order valence-corrected chi connectivity index (χ1v) is 7.77. The van der Waals surface area contributed by atoms with E-state index in [0.29, 0.717) is 15.5 Å². The molecule has 0 heterocycles. The van der Waals surface area contributed by atoms with Crippen LogP contribution in [0.25, 0.3) is 0 Å². The second kappa shape index (κ2) is 7.43. The molecule has 1 nitrogen and oxygen atoms in total. The van der Waals surface area contributed by atoms with Gasteiger partial charge >= 0.3 is 0 Å². The van der Waals surface area contributed by atoms with Gasteiger partial charge in [0.25, 0.3) is 0 Å². The number of thioether (sulfide) groups is 1. The quantitative estimate of drug-likeness (QED) is 0.409. The molecule has 2 aromatic rings. The largest absolute Gasteiger partial charge is 0.289 e. The third-order valence-electron chi connectivity index (χ3n) is 2.96. The number of hydrogen-bond donors (Lipinski definition) is 0. The van der Waals surface area contributed by atoms with Crippen molar-refractivity contribution in [2.75, 3.05) is 0 Å². The predicted octanol–water partition coefficient (Wildman–Crippen LogP) is 5.53. The number of aryl methyl sites for hydroxylation is 1. The van der Waals surface area contributed by atoms with Gasteiger partial charge in [-0.1, -0.05) is 54.6 Å². The fraction of sp³-hybridized carbons (Fsp3) is 0.118. The van der Waals surface area contributed by atoms with Gasteiger partial charge in [-0.2, -0.15) is 0 Å². The summed E-state index contributed by atoms with van der Waals surface area (Å²) in [6.45, 7) is 2.07. The second-order valence-corrected chi connectivity index (χ2v) is 5.76. The van der Waals surface area contributed by atoms with Crippen molar-refractivity contribution in [3.63, 3.8) is 0 Å². The molecule has 0 aliphatic rings. The van der Waals surface area contributed by atoms with Crippen LogP contribution >= 0.6 is 23.4 Å². The molecular formula is C17H14ClFOS. The average molecular weight is 321 g/mol. The third kappa shape index (κ3) is 4.45. The van der Waals surface area contributed by atoms with E-state index in [9.17, 15) is 9.18 Å². The van der Waals surface area contributed by atoms with Crippen molar-refractivity contribution in [1.29, 1.82) is 0 Å². The fourth-order valence-electron chi connectivity index (χ4n) is 1.74. The SMILES string of the molecule is CCc1ccc(C(=O)/C=C/Sc2ccc(F)cc2Cl)cc1. The van der Waals surface area contributed by atoms with E-state index in [1.807, 2.05) is 24.3 Å². The highest BCUT2D eigenvalue weighted by molar-refractivity contribution is 8.02. The van der Waals surface area contributed by atoms with E-state index in [-0.39, 0.29) is 11.6 Å². The number of hydrogen-bond acceptors (Lipinski definition) is 2. The molecule has 0 N–H and O–H groups in total. The fourth-order valence-corrected chi connectivity index (χ4v) is 2.70. The molecule has 0 aromatic heterocycles. The summed E-state index contributed by atoms with van der Waals surface area (Å²) in [5, 5.41) is 2.00. The number of carbonyl (C=O) groups excluding carboxylic acids is 1. The zero-order valence-electron chi connectivity index (χ0n) is 11.5. The minimum atomic E-state index is -0.375. The van der Waals surface area contributed by atoms with Gasteiger partial charge in [-0.3, -0.25) is 4.79 Å². The second-order valence-electron chi connectivity index (χ2n) is 4.41. The molecule has 2 rings (SSSR count). The molecule has 108 valence electrons. The molecule has 0 spiro atoms. The first-order chi connectivity index (χ1) is 10.1. The standard InChI is InChI=1S/C17H14ClFOS/c1-2-12-3-5-13(6-4-12)16(20)9-10-21-17-8-7-14(19)11-15(17)18/h3-11H,2H2,1H3/b10-9+. The lowest BCUT2D eigenvalue weighted by Crippen LogP contribution is -1.94. The van der Waals surface area contributed by atoms with E-state index < -0.39 is 0 Å². The number of benzene rings is 2. The Balaban J connectivity index is 2.01. The minimum Gasteiger partial charge on any atom is -0.289 e. The summed E-state index contributed by atoms with van der Waals surface area (Å²) in [5.74, 6) is -0.441. The molecule has 4 heteroatoms. The maximum Gasteiger partial charge on any atom is 0.186 e. The molecule has 0 radical (unpaired) electrons. The minimum absolute atomic E-state index is 0.0663. The summed E-state index contributed by atoms with van der Waals surface area (Å²) in [6, 6.07) is 11.7. The number of carbonyl (C=O) groups is 1. The van der Waals surface area contributed by atoms with Gasteiger partial charge in [-0.05, 0) is 41.7 Å². The number of rotatable bonds is 5. The molecule has 0 aliphatic heterocycles. The van der Waals surface area contributed by atoms with Gasteiger partial charge in [0.05, 0.1) is 5.02 Å². The molecule has 0 amide bonds. The highest BCUT2D eigenvalue weighted by Crippen LogP contribution is 2.28. The van der Waals surface area contributed by atoms with Gasteiger partial charge in [0.2, 0.25) is 0 Å². The van der Waals surface area contributed by atoms with E-state index in [4.69, 9.17) is 11.6 Å². The van der Waals surface area contributed by atoms with Crippen molar-refractivity contribution in [3.8, 4) is 0 Å². The Morgan fingerprint density at radius 1 is 1.24 bits per heavy atom. The molecule has 2 aromatic carbocycles. The van der Waals surface area contributed by atoms with Gasteiger partial charge < -0.3 is 0 Å². The van der Waals surface area contributed by atoms with Gasteiger partial charge in [0.15, 0.2) is 5.78 Å². The highest BCUT2D eigenvalue weighted by Gasteiger charge is 2.03. The van der Waals surface area contributed by atoms with Crippen molar-refractivity contribution >= 4 is 29.1 Å². The lowest BCUT2D eigenvalue weighted by molar-refractivity contribution is 0.104. The molecule has 0 saturated heterocycles. The Bertz CT molecular complexity index is 665. The predicted molar refractivity (Wildman–Crippen MR) is 86.6 cm³/mol. The van der Waals surface area contributed by atoms with Crippen LogP contribution in [-0.2, 0) is 6.42 Å². The van der Waals surface area contributed by atoms with Crippen LogP contribution in [0.2, 0.25) is 5.02 Å². The highest BCUT2D eigenvalue weighted by atomic mass is 35.5. The number of ketones is 1. The van der Waals surface area contributed by atoms with E-state index in [0.717, 1.165) is 6.42 Å². The molecule has 0 atom stereocenters. The van der Waals surface area contributed by atoms with Crippen LogP contribution in [0, 0.1) is 5.82 Å². The van der Waals surface area contributed by atoms with Crippen LogP contribution in [-0.4, -0.2) is 5.78 Å². The molecule has 0 saturated carbocycles. The third-order valence-corrected chi connectivity index (χ3v) is 4.26. The summed E-state index contributed by atoms with van der Waals surface area (Å²) in [4.78, 5) is 12.7. The summed E-state index contributed by atoms with van der Waals surface area (Å²) in [7, 11) is 0. The zero-order chi connectivity index (χ0) is 15.2. The lowest BCUT2D eigenvalue weighted by atomic mass is 10.1. The number of halogens is 2. The maximum absolute atomic E-state index is 12.9. The normalized spacial score (nSPS) is 11.0. The Morgan fingerprint density at radius 2 is 1.95 bits per heavy atom. The smallest absolute Gasteiger partial charge is 0.186 e. The van der Waals surface area contributed by atoms with E-state index in [1.165, 1.54) is 35.5 Å². The van der Waals surface area contributed by atoms with Crippen molar-refractivity contribution in [1.82, 2.24) is 0 Å². The Hall–Kier alpha value is -1.58. The van der Waals surface area contributed by atoms with Crippen molar-refractivity contribution in [2.45, 2.75) is 18.2 Å². The van der Waals surface area contributed by atoms with Crippen LogP contribution in [0.5, 0.6) is 0 Å². The van der Waals surface area contributed by atoms with Crippen molar-refractivity contribution in [2.24, 2.45) is 0 Å². The molecule has 0 fully saturated rings. The van der Waals surface area contributed by atoms with Crippen LogP contribution in [0.1, 0.15) is 22.8 Å². The maximum atomic E-state index is 12.9. The molecular weight excluding hydrogens is 307 g/mol. The van der Waals surface area contributed by atoms with Crippen LogP contribution in [0.4, 0.5) is 4.39 Å². The van der Waals surface area contributed by atoms with Crippen LogP contribution < -0.4 is 0 Å². The van der Waals surface area contributed by atoms with Crippen LogP contribution in [0.15, 0.2) is 58.8 Å². The van der Waals surface area contributed by atoms with Gasteiger partial charge in [-0.15, -0.1) is 0 Å². The zero-order valence-corrected chi connectivity index (χ0v) is 13.0. The molecule has 21 heavy (non-hydrogen) atoms. The molecule has 0 bridgehead atoms. The van der Waals surface area contributed by atoms with Gasteiger partial charge in [0.1, 0.15) is 5.82 Å². The average Bonchev–Trinajstić information content (AvgIpc) is 2.49. The first kappa shape index (κ1) is 15.8. The summed E-state index contributed by atoms with van der Waals surface area (Å²) in [5.41, 5.74) is 1.84. The summed E-state index contributed by atoms with van der Waals surface area (Å²) < 4.78 is 12.9. The lowest BCUT2D eigenvalue weighted by Gasteiger charge is -2.00. The molecule has 0 unspecified atom stereocenters. The Labute approximate surface area is 132 Å². The van der Waals surface area contributed by atoms with Crippen molar-refractivity contribution < 1.29 is 9.18 Å². The summed E-state index contributed by atoms with van der Waals surface area (Å²) >= 11 is 7.20. The topological polar surface area (TPSA) is 17.1 Å². The summed E-state index contributed by atoms with van der Waals surface area (Å²) in [6.07, 6.45) is 2.44. The van der Waals surface area contributed by atoms with E-state index in [1.54, 1.807) is 11.5 Å². The van der Waals surface area contributed by atoms with E-state index >= 15 is 0 Å². The van der Waals surface area contributed by atoms with Crippen LogP contribution in [0.3, 0.4) is 0 Å². The number of allylic oxidation sites excluding steroid dienone is 1. The molecule has 0 aliphatic carbocycles. The van der Waals surface area contributed by atoms with Gasteiger partial charge in [-0.25, -0.2) is 4.39 Å². The van der Waals surface area contributed by atoms with Gasteiger partial charge in [0, 0.05) is 10.5 Å². The van der Waals surface area contributed by atoms with Crippen molar-refractivity contribution in [3.05, 3.63) is 75.9 Å². The Morgan fingerprint density at radius 3 is 2.57 bits per heavy atom.